The normalized spacial score (nSPS) is 10.7. The van der Waals surface area contributed by atoms with E-state index in [2.05, 4.69) is 21.0 Å². The number of rotatable bonds is 4. The average Bonchev–Trinajstić information content (AvgIpc) is 2.98. The Morgan fingerprint density at radius 1 is 1.22 bits per heavy atom. The third-order valence-corrected chi connectivity index (χ3v) is 4.20. The fourth-order valence-electron chi connectivity index (χ4n) is 2.36. The lowest BCUT2D eigenvalue weighted by atomic mass is 10.2. The van der Waals surface area contributed by atoms with E-state index in [4.69, 9.17) is 9.47 Å². The Labute approximate surface area is 141 Å². The second-order valence-electron chi connectivity index (χ2n) is 5.06. The van der Waals surface area contributed by atoms with E-state index in [9.17, 15) is 4.79 Å². The lowest BCUT2D eigenvalue weighted by Crippen LogP contribution is -2.01. The molecule has 1 heterocycles. The molecule has 6 heteroatoms. The summed E-state index contributed by atoms with van der Waals surface area (Å²) in [6.07, 6.45) is 1.95. The minimum atomic E-state index is -0.377. The van der Waals surface area contributed by atoms with Crippen molar-refractivity contribution >= 4 is 32.8 Å². The molecule has 0 aliphatic carbocycles. The molecule has 0 aliphatic heterocycles. The van der Waals surface area contributed by atoms with Crippen LogP contribution in [0.25, 0.3) is 10.9 Å². The summed E-state index contributed by atoms with van der Waals surface area (Å²) >= 11 is 3.49. The Bertz CT molecular complexity index is 856. The van der Waals surface area contributed by atoms with Crippen LogP contribution >= 0.6 is 15.9 Å². The van der Waals surface area contributed by atoms with Gasteiger partial charge in [0, 0.05) is 16.1 Å². The fourth-order valence-corrected chi connectivity index (χ4v) is 2.92. The van der Waals surface area contributed by atoms with E-state index in [1.165, 1.54) is 7.11 Å². The van der Waals surface area contributed by atoms with E-state index in [-0.39, 0.29) is 5.97 Å². The second-order valence-corrected chi connectivity index (χ2v) is 5.91. The molecule has 0 spiro atoms. The predicted octanol–water partition coefficient (Wildman–Crippen LogP) is 3.64. The summed E-state index contributed by atoms with van der Waals surface area (Å²) in [5.41, 5.74) is 2.33. The Kier molecular flexibility index (Phi) is 4.34. The van der Waals surface area contributed by atoms with Crippen LogP contribution in [-0.4, -0.2) is 30.0 Å². The molecule has 0 amide bonds. The van der Waals surface area contributed by atoms with Crippen LogP contribution in [-0.2, 0) is 11.3 Å². The van der Waals surface area contributed by atoms with Crippen LogP contribution in [0.5, 0.6) is 5.75 Å². The van der Waals surface area contributed by atoms with Crippen LogP contribution in [0.3, 0.4) is 0 Å². The van der Waals surface area contributed by atoms with Crippen molar-refractivity contribution in [2.75, 3.05) is 14.2 Å². The second kappa shape index (κ2) is 6.42. The van der Waals surface area contributed by atoms with E-state index in [1.54, 1.807) is 19.2 Å². The number of hydrogen-bond acceptors (Lipinski definition) is 4. The third kappa shape index (κ3) is 3.22. The van der Waals surface area contributed by atoms with Gasteiger partial charge in [0.25, 0.3) is 0 Å². The van der Waals surface area contributed by atoms with Crippen molar-refractivity contribution in [1.29, 1.82) is 0 Å². The number of carbonyl (C=O) groups is 1. The number of benzene rings is 2. The van der Waals surface area contributed by atoms with Crippen molar-refractivity contribution in [3.8, 4) is 5.75 Å². The zero-order chi connectivity index (χ0) is 16.4. The van der Waals surface area contributed by atoms with Gasteiger partial charge in [-0.3, -0.25) is 4.68 Å². The zero-order valence-corrected chi connectivity index (χ0v) is 14.3. The van der Waals surface area contributed by atoms with Gasteiger partial charge in [0.05, 0.1) is 31.8 Å². The van der Waals surface area contributed by atoms with Crippen molar-refractivity contribution in [1.82, 2.24) is 9.78 Å². The number of carbonyl (C=O) groups excluding carboxylic acids is 1. The Hall–Kier alpha value is -2.34. The van der Waals surface area contributed by atoms with Gasteiger partial charge in [0.2, 0.25) is 0 Å². The molecule has 0 fully saturated rings. The molecule has 0 saturated heterocycles. The molecule has 0 aliphatic rings. The van der Waals surface area contributed by atoms with Crippen LogP contribution in [0, 0.1) is 0 Å². The molecule has 0 bridgehead atoms. The van der Waals surface area contributed by atoms with Gasteiger partial charge in [-0.05, 0) is 29.8 Å². The van der Waals surface area contributed by atoms with Crippen LogP contribution in [0.2, 0.25) is 0 Å². The average molecular weight is 375 g/mol. The summed E-state index contributed by atoms with van der Waals surface area (Å²) in [6.45, 7) is 0.638. The van der Waals surface area contributed by atoms with Crippen LogP contribution in [0.1, 0.15) is 15.9 Å². The molecule has 0 unspecified atom stereocenters. The topological polar surface area (TPSA) is 53.4 Å². The number of fused-ring (bicyclic) bond motifs is 1. The Morgan fingerprint density at radius 2 is 1.96 bits per heavy atom. The highest BCUT2D eigenvalue weighted by Gasteiger charge is 2.12. The first-order valence-electron chi connectivity index (χ1n) is 6.98. The summed E-state index contributed by atoms with van der Waals surface area (Å²) in [4.78, 5) is 11.7. The SMILES string of the molecule is COC(=O)c1cc(Br)c2cn(Cc3ccc(OC)cc3)nc2c1. The van der Waals surface area contributed by atoms with E-state index >= 15 is 0 Å². The molecule has 1 aromatic heterocycles. The third-order valence-electron chi connectivity index (χ3n) is 3.55. The summed E-state index contributed by atoms with van der Waals surface area (Å²) in [5, 5.41) is 5.49. The number of halogens is 1. The summed E-state index contributed by atoms with van der Waals surface area (Å²) < 4.78 is 12.6. The maximum absolute atomic E-state index is 11.7. The molecule has 3 rings (SSSR count). The van der Waals surface area contributed by atoms with Crippen molar-refractivity contribution < 1.29 is 14.3 Å². The first-order valence-corrected chi connectivity index (χ1v) is 7.78. The molecule has 5 nitrogen and oxygen atoms in total. The van der Waals surface area contributed by atoms with Crippen molar-refractivity contribution in [3.63, 3.8) is 0 Å². The maximum Gasteiger partial charge on any atom is 0.337 e. The fraction of sp³-hybridized carbons (Fsp3) is 0.176. The van der Waals surface area contributed by atoms with E-state index in [1.807, 2.05) is 35.1 Å². The van der Waals surface area contributed by atoms with Crippen LogP contribution in [0.4, 0.5) is 0 Å². The minimum absolute atomic E-state index is 0.377. The van der Waals surface area contributed by atoms with Gasteiger partial charge < -0.3 is 9.47 Å². The highest BCUT2D eigenvalue weighted by atomic mass is 79.9. The first-order chi connectivity index (χ1) is 11.1. The number of esters is 1. The lowest BCUT2D eigenvalue weighted by Gasteiger charge is -2.03. The monoisotopic (exact) mass is 374 g/mol. The summed E-state index contributed by atoms with van der Waals surface area (Å²) in [6, 6.07) is 11.3. The number of hydrogen-bond donors (Lipinski definition) is 0. The standard InChI is InChI=1S/C17H15BrN2O3/c1-22-13-5-3-11(4-6-13)9-20-10-14-15(18)7-12(17(21)23-2)8-16(14)19-20/h3-8,10H,9H2,1-2H3. The largest absolute Gasteiger partial charge is 0.497 e. The van der Waals surface area contributed by atoms with Crippen molar-refractivity contribution in [2.45, 2.75) is 6.54 Å². The van der Waals surface area contributed by atoms with Gasteiger partial charge in [-0.1, -0.05) is 28.1 Å². The lowest BCUT2D eigenvalue weighted by molar-refractivity contribution is 0.0601. The van der Waals surface area contributed by atoms with Gasteiger partial charge in [0.15, 0.2) is 0 Å². The molecule has 0 saturated carbocycles. The molecule has 118 valence electrons. The van der Waals surface area contributed by atoms with Gasteiger partial charge in [-0.25, -0.2) is 4.79 Å². The maximum atomic E-state index is 11.7. The highest BCUT2D eigenvalue weighted by molar-refractivity contribution is 9.10. The molecule has 23 heavy (non-hydrogen) atoms. The predicted molar refractivity (Wildman–Crippen MR) is 90.9 cm³/mol. The Balaban J connectivity index is 1.92. The minimum Gasteiger partial charge on any atom is -0.497 e. The van der Waals surface area contributed by atoms with Crippen LogP contribution < -0.4 is 4.74 Å². The van der Waals surface area contributed by atoms with Crippen LogP contribution in [0.15, 0.2) is 47.1 Å². The first kappa shape index (κ1) is 15.6. The number of methoxy groups -OCH3 is 2. The molecule has 0 atom stereocenters. The Morgan fingerprint density at radius 3 is 2.61 bits per heavy atom. The van der Waals surface area contributed by atoms with Gasteiger partial charge >= 0.3 is 5.97 Å². The van der Waals surface area contributed by atoms with Crippen molar-refractivity contribution in [3.05, 3.63) is 58.2 Å². The van der Waals surface area contributed by atoms with Gasteiger partial charge in [-0.2, -0.15) is 5.10 Å². The molecular formula is C17H15BrN2O3. The smallest absolute Gasteiger partial charge is 0.337 e. The quantitative estimate of drug-likeness (QED) is 0.654. The van der Waals surface area contributed by atoms with Crippen molar-refractivity contribution in [2.24, 2.45) is 0 Å². The molecule has 2 aromatic carbocycles. The molecule has 0 radical (unpaired) electrons. The zero-order valence-electron chi connectivity index (χ0n) is 12.7. The molecule has 3 aromatic rings. The highest BCUT2D eigenvalue weighted by Crippen LogP contribution is 2.26. The summed E-state index contributed by atoms with van der Waals surface area (Å²) in [5.74, 6) is 0.446. The number of aromatic nitrogens is 2. The number of nitrogens with zero attached hydrogens (tertiary/aromatic N) is 2. The van der Waals surface area contributed by atoms with E-state index < -0.39 is 0 Å². The van der Waals surface area contributed by atoms with E-state index in [0.717, 1.165) is 26.7 Å². The van der Waals surface area contributed by atoms with E-state index in [0.29, 0.717) is 12.1 Å². The molecular weight excluding hydrogens is 360 g/mol. The molecule has 0 N–H and O–H groups in total. The summed E-state index contributed by atoms with van der Waals surface area (Å²) in [7, 11) is 3.01. The van der Waals surface area contributed by atoms with Gasteiger partial charge in [-0.15, -0.1) is 0 Å². The number of ether oxygens (including phenoxy) is 2. The van der Waals surface area contributed by atoms with Gasteiger partial charge in [0.1, 0.15) is 5.75 Å².